The van der Waals surface area contributed by atoms with Crippen LogP contribution in [0, 0.1) is 11.8 Å². The van der Waals surface area contributed by atoms with Crippen molar-refractivity contribution in [3.63, 3.8) is 0 Å². The number of fused-ring (bicyclic) bond motifs is 5. The van der Waals surface area contributed by atoms with Gasteiger partial charge in [0, 0.05) is 11.5 Å². The van der Waals surface area contributed by atoms with Gasteiger partial charge in [-0.25, -0.2) is 5.43 Å². The van der Waals surface area contributed by atoms with Gasteiger partial charge in [-0.3, -0.25) is 9.80 Å². The first kappa shape index (κ1) is 9.42. The number of hydrogen-bond acceptors (Lipinski definition) is 2. The summed E-state index contributed by atoms with van der Waals surface area (Å²) < 4.78 is 0. The molecular weight excluding hydrogens is 212 g/mol. The van der Waals surface area contributed by atoms with Gasteiger partial charge in [0.2, 0.25) is 0 Å². The SMILES string of the molecule is O=C(c1ccccc1)N1NC2C3C=CC(C3)C21. The maximum absolute atomic E-state index is 12.3. The maximum Gasteiger partial charge on any atom is 0.268 e. The molecule has 1 saturated carbocycles. The fourth-order valence-electron chi connectivity index (χ4n) is 3.40. The summed E-state index contributed by atoms with van der Waals surface area (Å²) >= 11 is 0. The standard InChI is InChI=1S/C14H14N2O/c17-14(9-4-2-1-3-5-9)16-13-11-7-6-10(8-11)12(13)15-16/h1-7,10-13,15H,8H2. The van der Waals surface area contributed by atoms with E-state index in [2.05, 4.69) is 17.6 Å². The van der Waals surface area contributed by atoms with E-state index in [4.69, 9.17) is 0 Å². The summed E-state index contributed by atoms with van der Waals surface area (Å²) in [4.78, 5) is 12.3. The predicted molar refractivity (Wildman–Crippen MR) is 64.1 cm³/mol. The van der Waals surface area contributed by atoms with E-state index in [1.807, 2.05) is 35.3 Å². The Morgan fingerprint density at radius 1 is 1.18 bits per heavy atom. The highest BCUT2D eigenvalue weighted by atomic mass is 16.2. The molecule has 4 atom stereocenters. The Morgan fingerprint density at radius 3 is 2.71 bits per heavy atom. The number of nitrogens with zero attached hydrogens (tertiary/aromatic N) is 1. The Morgan fingerprint density at radius 2 is 1.94 bits per heavy atom. The Balaban J connectivity index is 1.59. The molecule has 86 valence electrons. The van der Waals surface area contributed by atoms with Gasteiger partial charge in [-0.2, -0.15) is 0 Å². The second-order valence-corrected chi connectivity index (χ2v) is 5.13. The lowest BCUT2D eigenvalue weighted by molar-refractivity contribution is -0.0186. The molecular formula is C14H14N2O. The number of carbonyl (C=O) groups excluding carboxylic acids is 1. The van der Waals surface area contributed by atoms with Gasteiger partial charge in [0.1, 0.15) is 0 Å². The molecule has 0 spiro atoms. The first-order chi connectivity index (χ1) is 8.34. The predicted octanol–water partition coefficient (Wildman–Crippen LogP) is 1.59. The summed E-state index contributed by atoms with van der Waals surface area (Å²) in [6.07, 6.45) is 5.78. The van der Waals surface area contributed by atoms with Crippen LogP contribution in [0.5, 0.6) is 0 Å². The van der Waals surface area contributed by atoms with Gasteiger partial charge in [0.05, 0.1) is 12.1 Å². The van der Waals surface area contributed by atoms with Gasteiger partial charge in [-0.15, -0.1) is 0 Å². The van der Waals surface area contributed by atoms with Crippen molar-refractivity contribution < 1.29 is 4.79 Å². The zero-order chi connectivity index (χ0) is 11.4. The van der Waals surface area contributed by atoms with Gasteiger partial charge in [0.15, 0.2) is 0 Å². The second-order valence-electron chi connectivity index (χ2n) is 5.13. The van der Waals surface area contributed by atoms with E-state index in [9.17, 15) is 4.79 Å². The highest BCUT2D eigenvalue weighted by Gasteiger charge is 2.56. The van der Waals surface area contributed by atoms with E-state index in [-0.39, 0.29) is 5.91 Å². The molecule has 0 aromatic heterocycles. The van der Waals surface area contributed by atoms with E-state index in [1.165, 1.54) is 6.42 Å². The Labute approximate surface area is 100 Å². The van der Waals surface area contributed by atoms with Gasteiger partial charge in [-0.1, -0.05) is 30.4 Å². The lowest BCUT2D eigenvalue weighted by atomic mass is 9.91. The molecule has 3 heteroatoms. The van der Waals surface area contributed by atoms with Gasteiger partial charge < -0.3 is 0 Å². The largest absolute Gasteiger partial charge is 0.268 e. The van der Waals surface area contributed by atoms with Crippen molar-refractivity contribution in [2.75, 3.05) is 0 Å². The molecule has 4 unspecified atom stereocenters. The van der Waals surface area contributed by atoms with Crippen LogP contribution in [0.25, 0.3) is 0 Å². The molecule has 1 N–H and O–H groups in total. The van der Waals surface area contributed by atoms with Crippen LogP contribution >= 0.6 is 0 Å². The van der Waals surface area contributed by atoms with Crippen LogP contribution < -0.4 is 5.43 Å². The van der Waals surface area contributed by atoms with Crippen molar-refractivity contribution in [1.29, 1.82) is 0 Å². The van der Waals surface area contributed by atoms with E-state index in [0.717, 1.165) is 5.56 Å². The van der Waals surface area contributed by atoms with Crippen LogP contribution in [-0.4, -0.2) is 23.0 Å². The Bertz CT molecular complexity index is 496. The highest BCUT2D eigenvalue weighted by Crippen LogP contribution is 2.46. The fourth-order valence-corrected chi connectivity index (χ4v) is 3.40. The van der Waals surface area contributed by atoms with Crippen LogP contribution in [0.4, 0.5) is 0 Å². The molecule has 3 nitrogen and oxygen atoms in total. The number of carbonyl (C=O) groups is 1. The van der Waals surface area contributed by atoms with Crippen LogP contribution in [0.3, 0.4) is 0 Å². The third kappa shape index (κ3) is 1.17. The Kier molecular flexibility index (Phi) is 1.77. The van der Waals surface area contributed by atoms with Crippen LogP contribution in [0.1, 0.15) is 16.8 Å². The number of hydrogen-bond donors (Lipinski definition) is 1. The third-order valence-electron chi connectivity index (χ3n) is 4.24. The maximum atomic E-state index is 12.3. The Hall–Kier alpha value is -1.61. The first-order valence-electron chi connectivity index (χ1n) is 6.18. The fraction of sp³-hybridized carbons (Fsp3) is 0.357. The first-order valence-corrected chi connectivity index (χ1v) is 6.18. The zero-order valence-corrected chi connectivity index (χ0v) is 9.41. The third-order valence-corrected chi connectivity index (χ3v) is 4.24. The van der Waals surface area contributed by atoms with Crippen LogP contribution in [0.2, 0.25) is 0 Å². The molecule has 1 heterocycles. The smallest absolute Gasteiger partial charge is 0.268 e. The van der Waals surface area contributed by atoms with Crippen molar-refractivity contribution in [1.82, 2.24) is 10.4 Å². The van der Waals surface area contributed by atoms with Crippen molar-refractivity contribution in [2.24, 2.45) is 11.8 Å². The van der Waals surface area contributed by atoms with Crippen LogP contribution in [0.15, 0.2) is 42.5 Å². The molecule has 3 aliphatic rings. The van der Waals surface area contributed by atoms with Crippen LogP contribution in [-0.2, 0) is 0 Å². The normalized spacial score (nSPS) is 36.8. The van der Waals surface area contributed by atoms with Crippen molar-refractivity contribution in [3.05, 3.63) is 48.0 Å². The molecule has 1 aliphatic heterocycles. The molecule has 1 aromatic carbocycles. The minimum absolute atomic E-state index is 0.104. The number of hydrazine groups is 1. The van der Waals surface area contributed by atoms with E-state index < -0.39 is 0 Å². The number of amides is 1. The average Bonchev–Trinajstić information content (AvgIpc) is 2.86. The van der Waals surface area contributed by atoms with Crippen molar-refractivity contribution >= 4 is 5.91 Å². The molecule has 1 amide bonds. The van der Waals surface area contributed by atoms with Gasteiger partial charge >= 0.3 is 0 Å². The summed E-state index contributed by atoms with van der Waals surface area (Å²) in [5, 5.41) is 1.83. The number of nitrogens with one attached hydrogen (secondary N) is 1. The topological polar surface area (TPSA) is 32.3 Å². The molecule has 1 saturated heterocycles. The van der Waals surface area contributed by atoms with Gasteiger partial charge in [-0.05, 0) is 24.5 Å². The summed E-state index contributed by atoms with van der Waals surface area (Å²) in [7, 11) is 0. The second kappa shape index (κ2) is 3.20. The summed E-state index contributed by atoms with van der Waals surface area (Å²) in [6.45, 7) is 0. The monoisotopic (exact) mass is 226 g/mol. The molecule has 2 fully saturated rings. The molecule has 0 radical (unpaired) electrons. The average molecular weight is 226 g/mol. The quantitative estimate of drug-likeness (QED) is 0.737. The van der Waals surface area contributed by atoms with Crippen molar-refractivity contribution in [3.8, 4) is 0 Å². The van der Waals surface area contributed by atoms with Crippen molar-refractivity contribution in [2.45, 2.75) is 18.5 Å². The van der Waals surface area contributed by atoms with Gasteiger partial charge in [0.25, 0.3) is 5.91 Å². The summed E-state index contributed by atoms with van der Waals surface area (Å²) in [5.41, 5.74) is 4.07. The molecule has 17 heavy (non-hydrogen) atoms. The minimum atomic E-state index is 0.104. The number of rotatable bonds is 1. The minimum Gasteiger partial charge on any atom is -0.268 e. The lowest BCUT2D eigenvalue weighted by Gasteiger charge is -2.49. The van der Waals surface area contributed by atoms with E-state index >= 15 is 0 Å². The number of benzene rings is 1. The highest BCUT2D eigenvalue weighted by molar-refractivity contribution is 5.94. The molecule has 2 bridgehead atoms. The molecule has 4 rings (SSSR count). The summed E-state index contributed by atoms with van der Waals surface area (Å²) in [6, 6.07) is 10.4. The van der Waals surface area contributed by atoms with E-state index in [0.29, 0.717) is 23.9 Å². The lowest BCUT2D eigenvalue weighted by Crippen LogP contribution is -2.72. The zero-order valence-electron chi connectivity index (χ0n) is 9.41. The molecule has 2 aliphatic carbocycles. The summed E-state index contributed by atoms with van der Waals surface area (Å²) in [5.74, 6) is 1.32. The molecule has 1 aromatic rings. The van der Waals surface area contributed by atoms with E-state index in [1.54, 1.807) is 0 Å².